The van der Waals surface area contributed by atoms with Crippen LogP contribution in [0.1, 0.15) is 70.7 Å². The van der Waals surface area contributed by atoms with Crippen molar-refractivity contribution in [3.63, 3.8) is 0 Å². The van der Waals surface area contributed by atoms with E-state index in [-0.39, 0.29) is 0 Å². The van der Waals surface area contributed by atoms with Gasteiger partial charge in [-0.15, -0.1) is 0 Å². The fourth-order valence-electron chi connectivity index (χ4n) is 2.56. The Morgan fingerprint density at radius 2 is 1.90 bits per heavy atom. The number of nitrogens with one attached hydrogen (secondary N) is 1. The Bertz CT molecular complexity index is 466. The van der Waals surface area contributed by atoms with Crippen molar-refractivity contribution in [1.29, 1.82) is 0 Å². The summed E-state index contributed by atoms with van der Waals surface area (Å²) in [5.74, 6) is 3.48. The van der Waals surface area contributed by atoms with Crippen molar-refractivity contribution in [2.45, 2.75) is 72.3 Å². The Kier molecular flexibility index (Phi) is 5.43. The van der Waals surface area contributed by atoms with E-state index in [4.69, 9.17) is 9.97 Å². The Balaban J connectivity index is 2.38. The van der Waals surface area contributed by atoms with Gasteiger partial charge in [0.15, 0.2) is 0 Å². The Morgan fingerprint density at radius 1 is 1.19 bits per heavy atom. The smallest absolute Gasteiger partial charge is 0.137 e. The third-order valence-corrected chi connectivity index (χ3v) is 3.92. The van der Waals surface area contributed by atoms with Gasteiger partial charge < -0.3 is 10.2 Å². The molecule has 0 radical (unpaired) electrons. The topological polar surface area (TPSA) is 41.1 Å². The molecular weight excluding hydrogens is 260 g/mol. The van der Waals surface area contributed by atoms with E-state index < -0.39 is 0 Å². The second-order valence-corrected chi connectivity index (χ2v) is 6.39. The van der Waals surface area contributed by atoms with Crippen LogP contribution in [0.4, 0.5) is 11.6 Å². The minimum Gasteiger partial charge on any atom is -0.370 e. The van der Waals surface area contributed by atoms with Gasteiger partial charge in [0.1, 0.15) is 17.5 Å². The lowest BCUT2D eigenvalue weighted by molar-refractivity contribution is 0.718. The molecule has 0 aliphatic heterocycles. The highest BCUT2D eigenvalue weighted by Crippen LogP contribution is 2.34. The maximum Gasteiger partial charge on any atom is 0.137 e. The van der Waals surface area contributed by atoms with Crippen molar-refractivity contribution < 1.29 is 0 Å². The molecule has 0 aromatic carbocycles. The average molecular weight is 290 g/mol. The number of anilines is 2. The van der Waals surface area contributed by atoms with E-state index in [1.165, 1.54) is 18.4 Å². The monoisotopic (exact) mass is 290 g/mol. The summed E-state index contributed by atoms with van der Waals surface area (Å²) in [7, 11) is 0. The Morgan fingerprint density at radius 3 is 2.43 bits per heavy atom. The zero-order valence-electron chi connectivity index (χ0n) is 14.2. The van der Waals surface area contributed by atoms with Crippen molar-refractivity contribution in [1.82, 2.24) is 9.97 Å². The largest absolute Gasteiger partial charge is 0.370 e. The van der Waals surface area contributed by atoms with Crippen LogP contribution in [0, 0.1) is 6.92 Å². The first-order valence-corrected chi connectivity index (χ1v) is 8.47. The summed E-state index contributed by atoms with van der Waals surface area (Å²) < 4.78 is 0. The zero-order chi connectivity index (χ0) is 15.4. The SMILES string of the molecule is CCCNc1nc(C(C)C)nc(N(CCC)C2CC2)c1C. The van der Waals surface area contributed by atoms with Gasteiger partial charge in [-0.2, -0.15) is 0 Å². The van der Waals surface area contributed by atoms with E-state index in [0.29, 0.717) is 12.0 Å². The number of hydrogen-bond acceptors (Lipinski definition) is 4. The van der Waals surface area contributed by atoms with Crippen LogP contribution in [0.2, 0.25) is 0 Å². The summed E-state index contributed by atoms with van der Waals surface area (Å²) in [4.78, 5) is 12.1. The van der Waals surface area contributed by atoms with Crippen molar-refractivity contribution in [3.05, 3.63) is 11.4 Å². The van der Waals surface area contributed by atoms with Crippen LogP contribution in [0.5, 0.6) is 0 Å². The highest BCUT2D eigenvalue weighted by atomic mass is 15.2. The first-order chi connectivity index (χ1) is 10.1. The molecule has 1 heterocycles. The molecule has 1 saturated carbocycles. The van der Waals surface area contributed by atoms with Crippen LogP contribution >= 0.6 is 0 Å². The second-order valence-electron chi connectivity index (χ2n) is 6.39. The molecule has 0 unspecified atom stereocenters. The van der Waals surface area contributed by atoms with Gasteiger partial charge in [-0.1, -0.05) is 27.7 Å². The molecule has 118 valence electrons. The minimum atomic E-state index is 0.356. The summed E-state index contributed by atoms with van der Waals surface area (Å²) in [5, 5.41) is 3.48. The molecule has 1 aromatic heterocycles. The standard InChI is InChI=1S/C17H30N4/c1-6-10-18-16-13(5)17(20-15(19-16)12(3)4)21(11-7-2)14-8-9-14/h12,14H,6-11H2,1-5H3,(H,18,19,20). The zero-order valence-corrected chi connectivity index (χ0v) is 14.2. The quantitative estimate of drug-likeness (QED) is 0.782. The van der Waals surface area contributed by atoms with Gasteiger partial charge in [0, 0.05) is 30.6 Å². The molecule has 0 saturated heterocycles. The van der Waals surface area contributed by atoms with E-state index in [0.717, 1.165) is 43.4 Å². The van der Waals surface area contributed by atoms with Crippen LogP contribution in [-0.2, 0) is 0 Å². The van der Waals surface area contributed by atoms with Gasteiger partial charge in [-0.05, 0) is 32.6 Å². The van der Waals surface area contributed by atoms with Gasteiger partial charge in [-0.25, -0.2) is 9.97 Å². The molecule has 1 aromatic rings. The Labute approximate surface area is 129 Å². The van der Waals surface area contributed by atoms with Crippen molar-refractivity contribution in [2.75, 3.05) is 23.3 Å². The molecule has 0 bridgehead atoms. The van der Waals surface area contributed by atoms with E-state index in [2.05, 4.69) is 44.8 Å². The van der Waals surface area contributed by atoms with Crippen LogP contribution < -0.4 is 10.2 Å². The van der Waals surface area contributed by atoms with Crippen LogP contribution in [0.15, 0.2) is 0 Å². The summed E-state index contributed by atoms with van der Waals surface area (Å²) in [5.41, 5.74) is 1.20. The first kappa shape index (κ1) is 16.1. The molecule has 1 aliphatic rings. The third-order valence-electron chi connectivity index (χ3n) is 3.92. The number of nitrogens with zero attached hydrogens (tertiary/aromatic N) is 3. The minimum absolute atomic E-state index is 0.356. The van der Waals surface area contributed by atoms with Crippen LogP contribution in [0.25, 0.3) is 0 Å². The molecule has 0 amide bonds. The normalized spacial score (nSPS) is 14.6. The molecule has 0 atom stereocenters. The fourth-order valence-corrected chi connectivity index (χ4v) is 2.56. The number of hydrogen-bond donors (Lipinski definition) is 1. The lowest BCUT2D eigenvalue weighted by atomic mass is 10.2. The Hall–Kier alpha value is -1.32. The average Bonchev–Trinajstić information content (AvgIpc) is 3.28. The van der Waals surface area contributed by atoms with E-state index in [9.17, 15) is 0 Å². The lowest BCUT2D eigenvalue weighted by Gasteiger charge is -2.26. The number of aromatic nitrogens is 2. The molecule has 1 N–H and O–H groups in total. The van der Waals surface area contributed by atoms with Gasteiger partial charge in [0.2, 0.25) is 0 Å². The summed E-state index contributed by atoms with van der Waals surface area (Å²) in [6.07, 6.45) is 4.88. The molecular formula is C17H30N4. The van der Waals surface area contributed by atoms with Crippen molar-refractivity contribution in [3.8, 4) is 0 Å². The van der Waals surface area contributed by atoms with Gasteiger partial charge in [0.25, 0.3) is 0 Å². The van der Waals surface area contributed by atoms with Crippen LogP contribution in [0.3, 0.4) is 0 Å². The van der Waals surface area contributed by atoms with Crippen molar-refractivity contribution >= 4 is 11.6 Å². The highest BCUT2D eigenvalue weighted by Gasteiger charge is 2.31. The summed E-state index contributed by atoms with van der Waals surface area (Å²) in [6, 6.07) is 0.692. The molecule has 0 spiro atoms. The predicted molar refractivity (Wildman–Crippen MR) is 90.3 cm³/mol. The summed E-state index contributed by atoms with van der Waals surface area (Å²) >= 11 is 0. The van der Waals surface area contributed by atoms with Crippen molar-refractivity contribution in [2.24, 2.45) is 0 Å². The molecule has 2 rings (SSSR count). The number of rotatable bonds is 8. The first-order valence-electron chi connectivity index (χ1n) is 8.47. The molecule has 1 fully saturated rings. The van der Waals surface area contributed by atoms with E-state index in [1.807, 2.05) is 0 Å². The highest BCUT2D eigenvalue weighted by molar-refractivity contribution is 5.59. The maximum atomic E-state index is 4.90. The van der Waals surface area contributed by atoms with Gasteiger partial charge >= 0.3 is 0 Å². The van der Waals surface area contributed by atoms with E-state index in [1.54, 1.807) is 0 Å². The summed E-state index contributed by atoms with van der Waals surface area (Å²) in [6.45, 7) is 13.0. The van der Waals surface area contributed by atoms with E-state index >= 15 is 0 Å². The van der Waals surface area contributed by atoms with Gasteiger partial charge in [-0.3, -0.25) is 0 Å². The lowest BCUT2D eigenvalue weighted by Crippen LogP contribution is -2.29. The third kappa shape index (κ3) is 3.86. The fraction of sp³-hybridized carbons (Fsp3) is 0.765. The van der Waals surface area contributed by atoms with Crippen LogP contribution in [-0.4, -0.2) is 29.1 Å². The second kappa shape index (κ2) is 7.10. The molecule has 4 heteroatoms. The molecule has 4 nitrogen and oxygen atoms in total. The molecule has 21 heavy (non-hydrogen) atoms. The van der Waals surface area contributed by atoms with Gasteiger partial charge in [0.05, 0.1) is 0 Å². The maximum absolute atomic E-state index is 4.90. The predicted octanol–water partition coefficient (Wildman–Crippen LogP) is 4.11. The molecule has 1 aliphatic carbocycles.